The van der Waals surface area contributed by atoms with E-state index >= 15 is 0 Å². The van der Waals surface area contributed by atoms with Crippen LogP contribution in [0.5, 0.6) is 0 Å². The third-order valence-electron chi connectivity index (χ3n) is 3.21. The standard InChI is InChI=1S/C17H14OS/c1-12(18)19-11-13-6-7-16-9-14-4-2-3-5-15(14)10-17(16)8-13/h2-10H,11H2,1H3. The van der Waals surface area contributed by atoms with Crippen LogP contribution in [0, 0.1) is 0 Å². The van der Waals surface area contributed by atoms with Gasteiger partial charge in [-0.05, 0) is 39.2 Å². The van der Waals surface area contributed by atoms with E-state index in [9.17, 15) is 4.79 Å². The normalized spacial score (nSPS) is 11.0. The van der Waals surface area contributed by atoms with E-state index in [1.807, 2.05) is 0 Å². The van der Waals surface area contributed by atoms with Gasteiger partial charge in [-0.15, -0.1) is 0 Å². The molecule has 2 heteroatoms. The lowest BCUT2D eigenvalue weighted by molar-refractivity contribution is -0.109. The van der Waals surface area contributed by atoms with Gasteiger partial charge in [0.15, 0.2) is 5.12 Å². The first-order valence-electron chi connectivity index (χ1n) is 6.27. The lowest BCUT2D eigenvalue weighted by Gasteiger charge is -2.05. The highest BCUT2D eigenvalue weighted by Crippen LogP contribution is 2.25. The first-order valence-corrected chi connectivity index (χ1v) is 7.26. The van der Waals surface area contributed by atoms with Crippen molar-refractivity contribution in [3.05, 3.63) is 60.2 Å². The highest BCUT2D eigenvalue weighted by atomic mass is 32.2. The number of carbonyl (C=O) groups is 1. The summed E-state index contributed by atoms with van der Waals surface area (Å²) in [7, 11) is 0. The van der Waals surface area contributed by atoms with Gasteiger partial charge in [-0.25, -0.2) is 0 Å². The molecule has 1 nitrogen and oxygen atoms in total. The molecule has 0 bridgehead atoms. The molecular weight excluding hydrogens is 252 g/mol. The van der Waals surface area contributed by atoms with Crippen LogP contribution < -0.4 is 0 Å². The van der Waals surface area contributed by atoms with Crippen molar-refractivity contribution in [3.63, 3.8) is 0 Å². The van der Waals surface area contributed by atoms with Gasteiger partial charge in [-0.3, -0.25) is 4.79 Å². The molecule has 19 heavy (non-hydrogen) atoms. The third kappa shape index (κ3) is 2.64. The number of hydrogen-bond donors (Lipinski definition) is 0. The van der Waals surface area contributed by atoms with Crippen molar-refractivity contribution in [2.24, 2.45) is 0 Å². The number of rotatable bonds is 2. The summed E-state index contributed by atoms with van der Waals surface area (Å²) < 4.78 is 0. The first-order chi connectivity index (χ1) is 9.22. The third-order valence-corrected chi connectivity index (χ3v) is 4.10. The second kappa shape index (κ2) is 5.06. The van der Waals surface area contributed by atoms with E-state index in [1.54, 1.807) is 6.92 Å². The average Bonchev–Trinajstić information content (AvgIpc) is 2.42. The minimum absolute atomic E-state index is 0.165. The second-order valence-corrected chi connectivity index (χ2v) is 5.81. The van der Waals surface area contributed by atoms with E-state index in [4.69, 9.17) is 0 Å². The summed E-state index contributed by atoms with van der Waals surface area (Å²) >= 11 is 1.36. The zero-order chi connectivity index (χ0) is 13.2. The van der Waals surface area contributed by atoms with Gasteiger partial charge in [-0.2, -0.15) is 0 Å². The van der Waals surface area contributed by atoms with Gasteiger partial charge in [0.05, 0.1) is 0 Å². The van der Waals surface area contributed by atoms with Crippen molar-refractivity contribution in [3.8, 4) is 0 Å². The first kappa shape index (κ1) is 12.2. The molecule has 0 aliphatic rings. The van der Waals surface area contributed by atoms with Crippen molar-refractivity contribution in [2.75, 3.05) is 0 Å². The molecule has 0 aliphatic carbocycles. The van der Waals surface area contributed by atoms with Crippen LogP contribution >= 0.6 is 11.8 Å². The molecule has 0 heterocycles. The van der Waals surface area contributed by atoms with E-state index in [2.05, 4.69) is 54.6 Å². The van der Waals surface area contributed by atoms with E-state index in [-0.39, 0.29) is 5.12 Å². The molecule has 0 saturated carbocycles. The molecule has 3 aromatic rings. The number of hydrogen-bond acceptors (Lipinski definition) is 2. The van der Waals surface area contributed by atoms with Crippen LogP contribution in [-0.2, 0) is 10.5 Å². The average molecular weight is 266 g/mol. The molecule has 0 radical (unpaired) electrons. The van der Waals surface area contributed by atoms with Crippen molar-refractivity contribution in [2.45, 2.75) is 12.7 Å². The molecule has 0 aromatic heterocycles. The fraction of sp³-hybridized carbons (Fsp3) is 0.118. The highest BCUT2D eigenvalue weighted by molar-refractivity contribution is 8.12. The molecular formula is C17H14OS. The van der Waals surface area contributed by atoms with Crippen LogP contribution in [0.2, 0.25) is 0 Å². The van der Waals surface area contributed by atoms with Crippen molar-refractivity contribution in [1.29, 1.82) is 0 Å². The quantitative estimate of drug-likeness (QED) is 0.621. The smallest absolute Gasteiger partial charge is 0.186 e. The number of carbonyl (C=O) groups excluding carboxylic acids is 1. The maximum atomic E-state index is 11.0. The lowest BCUT2D eigenvalue weighted by Crippen LogP contribution is -1.86. The van der Waals surface area contributed by atoms with Gasteiger partial charge in [0.1, 0.15) is 0 Å². The van der Waals surface area contributed by atoms with Crippen LogP contribution in [-0.4, -0.2) is 5.12 Å². The Morgan fingerprint density at radius 1 is 0.895 bits per heavy atom. The molecule has 0 unspecified atom stereocenters. The van der Waals surface area contributed by atoms with Crippen molar-refractivity contribution >= 4 is 38.4 Å². The van der Waals surface area contributed by atoms with Crippen molar-refractivity contribution in [1.82, 2.24) is 0 Å². The largest absolute Gasteiger partial charge is 0.288 e. The minimum atomic E-state index is 0.165. The Morgan fingerprint density at radius 3 is 2.21 bits per heavy atom. The molecule has 0 N–H and O–H groups in total. The molecule has 0 aliphatic heterocycles. The van der Waals surface area contributed by atoms with E-state index in [1.165, 1.54) is 38.9 Å². The molecule has 3 rings (SSSR count). The summed E-state index contributed by atoms with van der Waals surface area (Å²) in [5, 5.41) is 5.17. The Hall–Kier alpha value is -1.80. The van der Waals surface area contributed by atoms with Gasteiger partial charge in [0, 0.05) is 12.7 Å². The lowest BCUT2D eigenvalue weighted by atomic mass is 10.0. The topological polar surface area (TPSA) is 17.1 Å². The molecule has 0 spiro atoms. The Kier molecular flexibility index (Phi) is 3.26. The molecule has 0 saturated heterocycles. The van der Waals surface area contributed by atoms with Crippen LogP contribution in [0.15, 0.2) is 54.6 Å². The summed E-state index contributed by atoms with van der Waals surface area (Å²) in [5.41, 5.74) is 1.20. The van der Waals surface area contributed by atoms with Crippen LogP contribution in [0.1, 0.15) is 12.5 Å². The fourth-order valence-electron chi connectivity index (χ4n) is 2.26. The predicted molar refractivity (Wildman–Crippen MR) is 83.4 cm³/mol. The van der Waals surface area contributed by atoms with Gasteiger partial charge in [-0.1, -0.05) is 54.2 Å². The maximum Gasteiger partial charge on any atom is 0.186 e. The maximum absolute atomic E-state index is 11.0. The summed E-state index contributed by atoms with van der Waals surface area (Å²) in [4.78, 5) is 11.0. The van der Waals surface area contributed by atoms with Crippen LogP contribution in [0.25, 0.3) is 21.5 Å². The summed E-state index contributed by atoms with van der Waals surface area (Å²) in [5.74, 6) is 0.748. The Morgan fingerprint density at radius 2 is 1.53 bits per heavy atom. The fourth-order valence-corrected chi connectivity index (χ4v) is 2.81. The number of fused-ring (bicyclic) bond motifs is 2. The zero-order valence-corrected chi connectivity index (χ0v) is 11.5. The van der Waals surface area contributed by atoms with E-state index in [0.717, 1.165) is 5.75 Å². The van der Waals surface area contributed by atoms with Gasteiger partial charge < -0.3 is 0 Å². The minimum Gasteiger partial charge on any atom is -0.288 e. The monoisotopic (exact) mass is 266 g/mol. The Bertz CT molecular complexity index is 761. The van der Waals surface area contributed by atoms with Gasteiger partial charge in [0.2, 0.25) is 0 Å². The molecule has 0 fully saturated rings. The van der Waals surface area contributed by atoms with E-state index < -0.39 is 0 Å². The molecule has 0 atom stereocenters. The highest BCUT2D eigenvalue weighted by Gasteiger charge is 2.01. The Labute approximate surface area is 116 Å². The summed E-state index contributed by atoms with van der Waals surface area (Å²) in [6.07, 6.45) is 0. The van der Waals surface area contributed by atoms with Gasteiger partial charge >= 0.3 is 0 Å². The molecule has 0 amide bonds. The molecule has 3 aromatic carbocycles. The van der Waals surface area contributed by atoms with Crippen molar-refractivity contribution < 1.29 is 4.79 Å². The number of thioether (sulfide) groups is 1. The predicted octanol–water partition coefficient (Wildman–Crippen LogP) is 4.77. The van der Waals surface area contributed by atoms with Crippen LogP contribution in [0.4, 0.5) is 0 Å². The summed E-state index contributed by atoms with van der Waals surface area (Å²) in [6, 6.07) is 19.2. The summed E-state index contributed by atoms with van der Waals surface area (Å²) in [6.45, 7) is 1.61. The van der Waals surface area contributed by atoms with Gasteiger partial charge in [0.25, 0.3) is 0 Å². The SMILES string of the molecule is CC(=O)SCc1ccc2cc3ccccc3cc2c1. The zero-order valence-electron chi connectivity index (χ0n) is 10.7. The van der Waals surface area contributed by atoms with Crippen LogP contribution in [0.3, 0.4) is 0 Å². The Balaban J connectivity index is 2.06. The van der Waals surface area contributed by atoms with E-state index in [0.29, 0.717) is 0 Å². The molecule has 94 valence electrons. The second-order valence-electron chi connectivity index (χ2n) is 4.66. The number of benzene rings is 3.